The minimum absolute atomic E-state index is 0.0502. The third-order valence-electron chi connectivity index (χ3n) is 4.10. The van der Waals surface area contributed by atoms with Crippen molar-refractivity contribution < 1.29 is 31.8 Å². The maximum absolute atomic E-state index is 13.9. The van der Waals surface area contributed by atoms with Gasteiger partial charge in [0, 0.05) is 20.0 Å². The number of carboxylic acids is 1. The second kappa shape index (κ2) is 7.52. The molecule has 12 heteroatoms. The Kier molecular flexibility index (Phi) is 5.41. The summed E-state index contributed by atoms with van der Waals surface area (Å²) in [5.74, 6) is -6.57. The Morgan fingerprint density at radius 1 is 1.28 bits per heavy atom. The van der Waals surface area contributed by atoms with Crippen molar-refractivity contribution in [2.24, 2.45) is 0 Å². The SMILES string of the molecule is CC(F)(F)c1nc(NC2CN(S(C)(=O)=O)C2)c(C(=O)O)c(Oc2ccccc2)n1. The fourth-order valence-corrected chi connectivity index (χ4v) is 3.50. The van der Waals surface area contributed by atoms with E-state index in [0.717, 1.165) is 10.6 Å². The van der Waals surface area contributed by atoms with E-state index in [1.807, 2.05) is 0 Å². The van der Waals surface area contributed by atoms with Gasteiger partial charge < -0.3 is 15.2 Å². The molecule has 0 atom stereocenters. The number of alkyl halides is 2. The van der Waals surface area contributed by atoms with Gasteiger partial charge in [-0.15, -0.1) is 0 Å². The van der Waals surface area contributed by atoms with Gasteiger partial charge in [-0.05, 0) is 12.1 Å². The number of carboxylic acid groups (broad SMARTS) is 1. The number of sulfonamides is 1. The average Bonchev–Trinajstić information content (AvgIpc) is 2.56. The second-order valence-electron chi connectivity index (χ2n) is 6.61. The first-order chi connectivity index (χ1) is 13.4. The minimum Gasteiger partial charge on any atom is -0.477 e. The molecule has 1 saturated heterocycles. The highest BCUT2D eigenvalue weighted by Crippen LogP contribution is 2.33. The minimum atomic E-state index is -3.46. The molecule has 156 valence electrons. The number of aromatic carboxylic acids is 1. The number of halogens is 2. The van der Waals surface area contributed by atoms with Crippen LogP contribution in [0.3, 0.4) is 0 Å². The third kappa shape index (κ3) is 4.77. The number of hydrogen-bond donors (Lipinski definition) is 2. The number of hydrogen-bond acceptors (Lipinski definition) is 7. The summed E-state index contributed by atoms with van der Waals surface area (Å²) in [4.78, 5) is 19.1. The zero-order valence-corrected chi connectivity index (χ0v) is 16.3. The van der Waals surface area contributed by atoms with Gasteiger partial charge in [-0.2, -0.15) is 18.1 Å². The van der Waals surface area contributed by atoms with E-state index in [1.54, 1.807) is 18.2 Å². The molecule has 1 aliphatic heterocycles. The lowest BCUT2D eigenvalue weighted by Gasteiger charge is -2.38. The van der Waals surface area contributed by atoms with E-state index < -0.39 is 45.2 Å². The number of rotatable bonds is 7. The van der Waals surface area contributed by atoms with Gasteiger partial charge in [0.2, 0.25) is 21.7 Å². The largest absolute Gasteiger partial charge is 0.477 e. The van der Waals surface area contributed by atoms with Gasteiger partial charge in [-0.25, -0.2) is 18.2 Å². The summed E-state index contributed by atoms with van der Waals surface area (Å²) in [6.45, 7) is 0.677. The van der Waals surface area contributed by atoms with Crippen molar-refractivity contribution in [2.45, 2.75) is 18.9 Å². The van der Waals surface area contributed by atoms with E-state index >= 15 is 0 Å². The van der Waals surface area contributed by atoms with Gasteiger partial charge in [0.05, 0.1) is 12.3 Å². The molecule has 1 aliphatic rings. The first-order valence-electron chi connectivity index (χ1n) is 8.43. The number of nitrogens with zero attached hydrogens (tertiary/aromatic N) is 3. The molecule has 2 heterocycles. The van der Waals surface area contributed by atoms with Crippen molar-refractivity contribution in [1.82, 2.24) is 14.3 Å². The Hall–Kier alpha value is -2.86. The van der Waals surface area contributed by atoms with E-state index in [0.29, 0.717) is 6.92 Å². The van der Waals surface area contributed by atoms with Gasteiger partial charge in [-0.3, -0.25) is 0 Å². The number of ether oxygens (including phenoxy) is 1. The summed E-state index contributed by atoms with van der Waals surface area (Å²) >= 11 is 0. The monoisotopic (exact) mass is 428 g/mol. The lowest BCUT2D eigenvalue weighted by molar-refractivity contribution is 0.00714. The lowest BCUT2D eigenvalue weighted by atomic mass is 10.1. The van der Waals surface area contributed by atoms with Crippen LogP contribution in [0.1, 0.15) is 23.1 Å². The molecule has 3 rings (SSSR count). The van der Waals surface area contributed by atoms with E-state index in [-0.39, 0.29) is 24.7 Å². The standard InChI is InChI=1S/C17H18F2N4O5S/c1-17(18,19)16-21-13(20-10-8-23(9-10)29(2,26)27)12(15(24)25)14(22-16)28-11-6-4-3-5-7-11/h3-7,10H,8-9H2,1-2H3,(H,24,25)(H,20,21,22). The molecular weight excluding hydrogens is 410 g/mol. The van der Waals surface area contributed by atoms with E-state index in [1.165, 1.54) is 12.1 Å². The molecule has 2 N–H and O–H groups in total. The first-order valence-corrected chi connectivity index (χ1v) is 10.3. The Bertz CT molecular complexity index is 1020. The van der Waals surface area contributed by atoms with Gasteiger partial charge in [0.15, 0.2) is 5.56 Å². The van der Waals surface area contributed by atoms with E-state index in [2.05, 4.69) is 15.3 Å². The number of nitrogens with one attached hydrogen (secondary N) is 1. The first kappa shape index (κ1) is 20.9. The molecular formula is C17H18F2N4O5S. The number of para-hydroxylation sites is 1. The van der Waals surface area contributed by atoms with Crippen molar-refractivity contribution in [1.29, 1.82) is 0 Å². The molecule has 9 nitrogen and oxygen atoms in total. The highest BCUT2D eigenvalue weighted by molar-refractivity contribution is 7.88. The molecule has 29 heavy (non-hydrogen) atoms. The summed E-state index contributed by atoms with van der Waals surface area (Å²) < 4.78 is 57.4. The van der Waals surface area contributed by atoms with Crippen molar-refractivity contribution in [2.75, 3.05) is 24.7 Å². The Balaban J connectivity index is 1.99. The fraction of sp³-hybridized carbons (Fsp3) is 0.353. The maximum Gasteiger partial charge on any atom is 0.345 e. The number of aromatic nitrogens is 2. The second-order valence-corrected chi connectivity index (χ2v) is 8.59. The van der Waals surface area contributed by atoms with Crippen LogP contribution in [0.15, 0.2) is 30.3 Å². The van der Waals surface area contributed by atoms with Crippen LogP contribution in [0.4, 0.5) is 14.6 Å². The molecule has 1 fully saturated rings. The smallest absolute Gasteiger partial charge is 0.345 e. The highest BCUT2D eigenvalue weighted by atomic mass is 32.2. The molecule has 0 unspecified atom stereocenters. The molecule has 0 bridgehead atoms. The van der Waals surface area contributed by atoms with Crippen LogP contribution in [0, 0.1) is 0 Å². The van der Waals surface area contributed by atoms with Gasteiger partial charge in [0.1, 0.15) is 11.6 Å². The zero-order valence-electron chi connectivity index (χ0n) is 15.5. The van der Waals surface area contributed by atoms with Crippen molar-refractivity contribution in [3.63, 3.8) is 0 Å². The molecule has 0 amide bonds. The molecule has 1 aromatic carbocycles. The lowest BCUT2D eigenvalue weighted by Crippen LogP contribution is -2.56. The summed E-state index contributed by atoms with van der Waals surface area (Å²) in [5.41, 5.74) is -0.528. The molecule has 0 saturated carbocycles. The molecule has 0 radical (unpaired) electrons. The Morgan fingerprint density at radius 2 is 1.90 bits per heavy atom. The summed E-state index contributed by atoms with van der Waals surface area (Å²) in [6.07, 6.45) is 1.04. The topological polar surface area (TPSA) is 122 Å². The summed E-state index contributed by atoms with van der Waals surface area (Å²) in [6, 6.07) is 7.48. The van der Waals surface area contributed by atoms with Gasteiger partial charge in [0.25, 0.3) is 0 Å². The Labute approximate surface area is 165 Å². The van der Waals surface area contributed by atoms with Crippen LogP contribution < -0.4 is 10.1 Å². The normalized spacial score (nSPS) is 15.6. The number of carbonyl (C=O) groups is 1. The van der Waals surface area contributed by atoms with E-state index in [9.17, 15) is 27.1 Å². The van der Waals surface area contributed by atoms with Crippen molar-refractivity contribution >= 4 is 21.8 Å². The van der Waals surface area contributed by atoms with Crippen LogP contribution in [0.25, 0.3) is 0 Å². The van der Waals surface area contributed by atoms with Crippen LogP contribution in [0.2, 0.25) is 0 Å². The fourth-order valence-electron chi connectivity index (χ4n) is 2.60. The molecule has 0 spiro atoms. The summed E-state index contributed by atoms with van der Waals surface area (Å²) in [5, 5.41) is 12.3. The van der Waals surface area contributed by atoms with Gasteiger partial charge >= 0.3 is 11.9 Å². The summed E-state index contributed by atoms with van der Waals surface area (Å²) in [7, 11) is -3.40. The average molecular weight is 428 g/mol. The van der Waals surface area contributed by atoms with Crippen molar-refractivity contribution in [3.05, 3.63) is 41.7 Å². The third-order valence-corrected chi connectivity index (χ3v) is 5.33. The highest BCUT2D eigenvalue weighted by Gasteiger charge is 2.37. The van der Waals surface area contributed by atoms with Crippen molar-refractivity contribution in [3.8, 4) is 11.6 Å². The maximum atomic E-state index is 13.9. The van der Waals surface area contributed by atoms with Crippen LogP contribution in [-0.2, 0) is 15.9 Å². The quantitative estimate of drug-likeness (QED) is 0.688. The molecule has 0 aliphatic carbocycles. The molecule has 1 aromatic heterocycles. The number of anilines is 1. The van der Waals surface area contributed by atoms with Crippen LogP contribution in [-0.4, -0.2) is 59.2 Å². The predicted molar refractivity (Wildman–Crippen MR) is 98.9 cm³/mol. The predicted octanol–water partition coefficient (Wildman–Crippen LogP) is 2.13. The van der Waals surface area contributed by atoms with E-state index in [4.69, 9.17) is 4.74 Å². The van der Waals surface area contributed by atoms with Gasteiger partial charge in [-0.1, -0.05) is 18.2 Å². The zero-order chi connectivity index (χ0) is 21.4. The van der Waals surface area contributed by atoms with Crippen LogP contribution in [0.5, 0.6) is 11.6 Å². The molecule has 2 aromatic rings. The van der Waals surface area contributed by atoms with Crippen LogP contribution >= 0.6 is 0 Å². The number of benzene rings is 1. The Morgan fingerprint density at radius 3 is 2.41 bits per heavy atom.